The third-order valence-corrected chi connectivity index (χ3v) is 6.37. The summed E-state index contributed by atoms with van der Waals surface area (Å²) in [7, 11) is 0. The summed E-state index contributed by atoms with van der Waals surface area (Å²) in [4.78, 5) is 31.6. The molecule has 4 rings (SSSR count). The molecule has 0 radical (unpaired) electrons. The topological polar surface area (TPSA) is 80.8 Å². The zero-order valence-corrected chi connectivity index (χ0v) is 19.4. The van der Waals surface area contributed by atoms with Crippen LogP contribution in [0, 0.1) is 0 Å². The highest BCUT2D eigenvalue weighted by Crippen LogP contribution is 2.45. The van der Waals surface area contributed by atoms with E-state index in [4.69, 9.17) is 4.74 Å². The summed E-state index contributed by atoms with van der Waals surface area (Å²) in [5.41, 5.74) is -0.109. The summed E-state index contributed by atoms with van der Waals surface area (Å²) in [5.74, 6) is -1.15. The van der Waals surface area contributed by atoms with Gasteiger partial charge < -0.3 is 14.8 Å². The lowest BCUT2D eigenvalue weighted by Gasteiger charge is -2.34. The number of carbonyl (C=O) groups is 2. The number of carbonyl (C=O) groups excluding carboxylic acids is 2. The van der Waals surface area contributed by atoms with Gasteiger partial charge in [0.2, 0.25) is 5.91 Å². The number of alkyl halides is 4. The number of nitrogens with one attached hydrogen (secondary N) is 1. The Bertz CT molecular complexity index is 1150. The molecule has 1 saturated heterocycles. The lowest BCUT2D eigenvalue weighted by Crippen LogP contribution is -2.49. The van der Waals surface area contributed by atoms with Crippen molar-refractivity contribution in [1.82, 2.24) is 10.3 Å². The highest BCUT2D eigenvalue weighted by molar-refractivity contribution is 6.12. The third-order valence-electron chi connectivity index (χ3n) is 6.37. The fourth-order valence-electron chi connectivity index (χ4n) is 4.18. The van der Waals surface area contributed by atoms with E-state index in [2.05, 4.69) is 15.0 Å². The number of rotatable bonds is 5. The van der Waals surface area contributed by atoms with Crippen molar-refractivity contribution >= 4 is 23.3 Å². The number of nitrogens with zero attached hydrogens (tertiary/aromatic N) is 2. The Kier molecular flexibility index (Phi) is 6.25. The molecule has 1 atom stereocenters. The molecule has 11 heteroatoms. The van der Waals surface area contributed by atoms with E-state index in [-0.39, 0.29) is 11.7 Å². The number of hydrogen-bond donors (Lipinski definition) is 1. The molecule has 1 fully saturated rings. The van der Waals surface area contributed by atoms with Crippen LogP contribution in [0.25, 0.3) is 0 Å². The lowest BCUT2D eigenvalue weighted by atomic mass is 9.85. The molecule has 1 unspecified atom stereocenters. The summed E-state index contributed by atoms with van der Waals surface area (Å²) < 4.78 is 60.7. The molecule has 0 saturated carbocycles. The van der Waals surface area contributed by atoms with E-state index in [9.17, 15) is 27.2 Å². The molecule has 0 bridgehead atoms. The summed E-state index contributed by atoms with van der Waals surface area (Å²) in [6, 6.07) is 6.92. The zero-order valence-electron chi connectivity index (χ0n) is 19.4. The highest BCUT2D eigenvalue weighted by atomic mass is 19.4. The average Bonchev–Trinajstić information content (AvgIpc) is 2.98. The number of benzene rings is 1. The van der Waals surface area contributed by atoms with E-state index in [1.807, 2.05) is 6.92 Å². The van der Waals surface area contributed by atoms with Gasteiger partial charge in [0.1, 0.15) is 11.6 Å². The number of ether oxygens (including phenoxy) is 2. The highest BCUT2D eigenvalue weighted by Gasteiger charge is 2.46. The molecule has 1 aromatic heterocycles. The Balaban J connectivity index is 1.63. The van der Waals surface area contributed by atoms with Crippen molar-refractivity contribution in [3.8, 4) is 5.75 Å². The first-order valence-corrected chi connectivity index (χ1v) is 11.0. The molecule has 7 nitrogen and oxygen atoms in total. The van der Waals surface area contributed by atoms with Crippen molar-refractivity contribution < 1.29 is 36.6 Å². The minimum Gasteiger partial charge on any atom is -0.452 e. The molecule has 2 amide bonds. The Morgan fingerprint density at radius 3 is 2.51 bits per heavy atom. The average molecular weight is 495 g/mol. The Morgan fingerprint density at radius 2 is 1.86 bits per heavy atom. The maximum absolute atomic E-state index is 13.4. The Morgan fingerprint density at radius 1 is 1.17 bits per heavy atom. The van der Waals surface area contributed by atoms with Gasteiger partial charge in [-0.2, -0.15) is 17.6 Å². The minimum absolute atomic E-state index is 0.0272. The fourth-order valence-corrected chi connectivity index (χ4v) is 4.18. The first-order valence-electron chi connectivity index (χ1n) is 11.0. The molecule has 2 aliphatic heterocycles. The Hall–Kier alpha value is -3.21. The largest absolute Gasteiger partial charge is 0.457 e. The SMILES string of the molecule is CC1(NC(=O)c2ccc3c(c2)C(C)(C)C(=O)N3c2cc(OC(F)C(F)(F)F)ccn2)CCOCC1. The molecule has 2 aromatic rings. The second-order valence-corrected chi connectivity index (χ2v) is 9.45. The van der Waals surface area contributed by atoms with Gasteiger partial charge in [0.15, 0.2) is 0 Å². The number of anilines is 2. The second kappa shape index (κ2) is 8.78. The normalized spacial score (nSPS) is 19.7. The van der Waals surface area contributed by atoms with Crippen LogP contribution in [0.2, 0.25) is 0 Å². The molecular weight excluding hydrogens is 470 g/mol. The third kappa shape index (κ3) is 4.82. The van der Waals surface area contributed by atoms with Gasteiger partial charge in [0, 0.05) is 36.6 Å². The van der Waals surface area contributed by atoms with Crippen LogP contribution in [0.3, 0.4) is 0 Å². The number of fused-ring (bicyclic) bond motifs is 1. The van der Waals surface area contributed by atoms with Gasteiger partial charge in [-0.25, -0.2) is 4.98 Å². The van der Waals surface area contributed by atoms with E-state index >= 15 is 0 Å². The molecule has 2 aliphatic rings. The molecule has 3 heterocycles. The predicted molar refractivity (Wildman–Crippen MR) is 118 cm³/mol. The van der Waals surface area contributed by atoms with Crippen LogP contribution in [-0.2, 0) is 14.9 Å². The van der Waals surface area contributed by atoms with Crippen LogP contribution in [0.1, 0.15) is 49.5 Å². The standard InChI is InChI=1S/C24H25F4N3O4/c1-22(2)16-12-14(19(32)30-23(3)7-10-34-11-8-23)4-5-17(16)31(21(22)33)18-13-15(6-9-29-18)35-20(25)24(26,27)28/h4-6,9,12-13,20H,7-8,10-11H2,1-3H3,(H,30,32). The van der Waals surface area contributed by atoms with Crippen molar-refractivity contribution in [2.75, 3.05) is 18.1 Å². The van der Waals surface area contributed by atoms with Crippen molar-refractivity contribution in [1.29, 1.82) is 0 Å². The summed E-state index contributed by atoms with van der Waals surface area (Å²) >= 11 is 0. The van der Waals surface area contributed by atoms with Gasteiger partial charge in [-0.1, -0.05) is 0 Å². The van der Waals surface area contributed by atoms with E-state index < -0.39 is 35.1 Å². The first-order chi connectivity index (χ1) is 16.3. The van der Waals surface area contributed by atoms with E-state index in [1.165, 1.54) is 4.90 Å². The molecule has 1 aromatic carbocycles. The zero-order chi connectivity index (χ0) is 25.6. The number of aromatic nitrogens is 1. The number of amides is 2. The van der Waals surface area contributed by atoms with Crippen LogP contribution >= 0.6 is 0 Å². The molecule has 0 spiro atoms. The van der Waals surface area contributed by atoms with E-state index in [1.54, 1.807) is 32.0 Å². The smallest absolute Gasteiger partial charge is 0.452 e. The van der Waals surface area contributed by atoms with Crippen LogP contribution in [0.5, 0.6) is 5.75 Å². The molecule has 188 valence electrons. The van der Waals surface area contributed by atoms with Gasteiger partial charge >= 0.3 is 12.5 Å². The van der Waals surface area contributed by atoms with Crippen LogP contribution in [0.15, 0.2) is 36.5 Å². The van der Waals surface area contributed by atoms with Crippen molar-refractivity contribution in [3.05, 3.63) is 47.7 Å². The number of halogens is 4. The van der Waals surface area contributed by atoms with Crippen LogP contribution < -0.4 is 15.0 Å². The fraction of sp³-hybridized carbons (Fsp3) is 0.458. The van der Waals surface area contributed by atoms with Crippen LogP contribution in [0.4, 0.5) is 29.1 Å². The molecular formula is C24H25F4N3O4. The van der Waals surface area contributed by atoms with Crippen LogP contribution in [-0.4, -0.2) is 48.1 Å². The number of pyridine rings is 1. The van der Waals surface area contributed by atoms with Gasteiger partial charge in [0.05, 0.1) is 11.1 Å². The van der Waals surface area contributed by atoms with Crippen molar-refractivity contribution in [2.45, 2.75) is 57.1 Å². The lowest BCUT2D eigenvalue weighted by molar-refractivity contribution is -0.236. The van der Waals surface area contributed by atoms with E-state index in [0.717, 1.165) is 18.3 Å². The number of hydrogen-bond acceptors (Lipinski definition) is 5. The van der Waals surface area contributed by atoms with Crippen molar-refractivity contribution in [3.63, 3.8) is 0 Å². The Labute approximate surface area is 199 Å². The van der Waals surface area contributed by atoms with Gasteiger partial charge in [-0.15, -0.1) is 0 Å². The van der Waals surface area contributed by atoms with Crippen molar-refractivity contribution in [2.24, 2.45) is 0 Å². The molecule has 35 heavy (non-hydrogen) atoms. The quantitative estimate of drug-likeness (QED) is 0.615. The van der Waals surface area contributed by atoms with Gasteiger partial charge in [-0.3, -0.25) is 14.5 Å². The first kappa shape index (κ1) is 24.9. The molecule has 1 N–H and O–H groups in total. The summed E-state index contributed by atoms with van der Waals surface area (Å²) in [6.07, 6.45) is -6.23. The van der Waals surface area contributed by atoms with E-state index in [0.29, 0.717) is 42.9 Å². The maximum atomic E-state index is 13.4. The second-order valence-electron chi connectivity index (χ2n) is 9.45. The minimum atomic E-state index is -5.19. The predicted octanol–water partition coefficient (Wildman–Crippen LogP) is 4.57. The van der Waals surface area contributed by atoms with Gasteiger partial charge in [-0.05, 0) is 63.4 Å². The maximum Gasteiger partial charge on any atom is 0.457 e. The summed E-state index contributed by atoms with van der Waals surface area (Å²) in [6.45, 7) is 6.42. The molecule has 0 aliphatic carbocycles. The van der Waals surface area contributed by atoms with Gasteiger partial charge in [0.25, 0.3) is 5.91 Å². The summed E-state index contributed by atoms with van der Waals surface area (Å²) in [5, 5.41) is 3.05. The monoisotopic (exact) mass is 495 g/mol.